The summed E-state index contributed by atoms with van der Waals surface area (Å²) in [6.45, 7) is 11.0. The predicted molar refractivity (Wildman–Crippen MR) is 144 cm³/mol. The van der Waals surface area contributed by atoms with Gasteiger partial charge in [-0.05, 0) is 49.3 Å². The summed E-state index contributed by atoms with van der Waals surface area (Å²) in [7, 11) is 0. The fourth-order valence-electron chi connectivity index (χ4n) is 3.72. The van der Waals surface area contributed by atoms with Crippen molar-refractivity contribution in [2.75, 3.05) is 10.6 Å². The number of nitrogens with zero attached hydrogens (tertiary/aromatic N) is 4. The maximum absolute atomic E-state index is 12.7. The van der Waals surface area contributed by atoms with Gasteiger partial charge in [-0.1, -0.05) is 34.6 Å². The van der Waals surface area contributed by atoms with E-state index in [0.717, 1.165) is 41.2 Å². The minimum atomic E-state index is -0.318. The molecule has 2 N–H and O–H groups in total. The van der Waals surface area contributed by atoms with Gasteiger partial charge in [-0.25, -0.2) is 14.5 Å². The van der Waals surface area contributed by atoms with Crippen LogP contribution in [0.3, 0.4) is 0 Å². The highest BCUT2D eigenvalue weighted by atomic mass is 32.1. The molecule has 0 aliphatic heterocycles. The smallest absolute Gasteiger partial charge is 0.299 e. The Labute approximate surface area is 216 Å². The molecular formula is C27H36N6O2S. The SMILES string of the molecule is CC(C)C(=O)Cc1cc(CCc2cnc(NC(=O)Nc3cc(C(C)(C)C)nn3CC3CC3)s2)ccn1. The van der Waals surface area contributed by atoms with E-state index in [4.69, 9.17) is 5.10 Å². The maximum Gasteiger partial charge on any atom is 0.326 e. The number of aryl methyl sites for hydroxylation is 2. The van der Waals surface area contributed by atoms with E-state index in [9.17, 15) is 9.59 Å². The molecule has 1 aliphatic carbocycles. The molecule has 0 radical (unpaired) electrons. The summed E-state index contributed by atoms with van der Waals surface area (Å²) >= 11 is 1.47. The fourth-order valence-corrected chi connectivity index (χ4v) is 4.53. The third kappa shape index (κ3) is 7.22. The summed E-state index contributed by atoms with van der Waals surface area (Å²) in [5.74, 6) is 1.57. The van der Waals surface area contributed by atoms with E-state index >= 15 is 0 Å². The van der Waals surface area contributed by atoms with Gasteiger partial charge in [0.15, 0.2) is 5.13 Å². The number of ketones is 1. The number of hydrogen-bond donors (Lipinski definition) is 2. The van der Waals surface area contributed by atoms with E-state index in [1.807, 2.05) is 36.7 Å². The molecule has 192 valence electrons. The summed E-state index contributed by atoms with van der Waals surface area (Å²) < 4.78 is 1.92. The lowest BCUT2D eigenvalue weighted by molar-refractivity contribution is -0.121. The van der Waals surface area contributed by atoms with Gasteiger partial charge in [-0.2, -0.15) is 5.10 Å². The van der Waals surface area contributed by atoms with E-state index in [1.165, 1.54) is 24.2 Å². The second-order valence-electron chi connectivity index (χ2n) is 11.0. The van der Waals surface area contributed by atoms with Crippen LogP contribution in [0.15, 0.2) is 30.6 Å². The van der Waals surface area contributed by atoms with Crippen molar-refractivity contribution in [1.29, 1.82) is 0 Å². The summed E-state index contributed by atoms with van der Waals surface area (Å²) in [5, 5.41) is 11.1. The molecule has 0 aromatic carbocycles. The summed E-state index contributed by atoms with van der Waals surface area (Å²) in [6, 6.07) is 5.63. The van der Waals surface area contributed by atoms with Gasteiger partial charge in [0, 0.05) is 53.3 Å². The Balaban J connectivity index is 1.32. The second kappa shape index (κ2) is 10.9. The average molecular weight is 509 g/mol. The van der Waals surface area contributed by atoms with Crippen LogP contribution in [0.1, 0.15) is 69.3 Å². The molecule has 0 atom stereocenters. The van der Waals surface area contributed by atoms with Gasteiger partial charge < -0.3 is 0 Å². The van der Waals surface area contributed by atoms with Gasteiger partial charge in [-0.3, -0.25) is 20.4 Å². The molecule has 0 spiro atoms. The first kappa shape index (κ1) is 26.0. The highest BCUT2D eigenvalue weighted by molar-refractivity contribution is 7.15. The molecule has 3 aromatic rings. The van der Waals surface area contributed by atoms with Gasteiger partial charge in [-0.15, -0.1) is 11.3 Å². The number of Topliss-reactive ketones (excluding diaryl/α,β-unsaturated/α-hetero) is 1. The number of nitrogens with one attached hydrogen (secondary N) is 2. The molecule has 8 nitrogen and oxygen atoms in total. The highest BCUT2D eigenvalue weighted by Gasteiger charge is 2.26. The lowest BCUT2D eigenvalue weighted by Gasteiger charge is -2.14. The fraction of sp³-hybridized carbons (Fsp3) is 0.519. The van der Waals surface area contributed by atoms with Gasteiger partial charge in [0.1, 0.15) is 11.6 Å². The Kier molecular flexibility index (Phi) is 7.88. The first-order valence-electron chi connectivity index (χ1n) is 12.6. The Morgan fingerprint density at radius 1 is 1.14 bits per heavy atom. The zero-order valence-corrected chi connectivity index (χ0v) is 22.6. The zero-order chi connectivity index (χ0) is 25.9. The first-order chi connectivity index (χ1) is 17.1. The number of aromatic nitrogens is 4. The molecule has 9 heteroatoms. The van der Waals surface area contributed by atoms with Crippen LogP contribution in [0.25, 0.3) is 0 Å². The molecule has 4 rings (SSSR count). The number of urea groups is 1. The Morgan fingerprint density at radius 2 is 1.92 bits per heavy atom. The van der Waals surface area contributed by atoms with Gasteiger partial charge in [0.25, 0.3) is 0 Å². The van der Waals surface area contributed by atoms with Crippen molar-refractivity contribution >= 4 is 34.1 Å². The molecular weight excluding hydrogens is 472 g/mol. The minimum Gasteiger partial charge on any atom is -0.299 e. The molecule has 1 saturated carbocycles. The monoisotopic (exact) mass is 508 g/mol. The van der Waals surface area contributed by atoms with E-state index in [-0.39, 0.29) is 23.1 Å². The largest absolute Gasteiger partial charge is 0.326 e. The highest BCUT2D eigenvalue weighted by Crippen LogP contribution is 2.33. The number of carbonyl (C=O) groups is 2. The van der Waals surface area contributed by atoms with Crippen LogP contribution in [0, 0.1) is 11.8 Å². The van der Waals surface area contributed by atoms with Gasteiger partial charge in [0.2, 0.25) is 0 Å². The van der Waals surface area contributed by atoms with Crippen molar-refractivity contribution in [1.82, 2.24) is 19.7 Å². The Bertz CT molecular complexity index is 1220. The van der Waals surface area contributed by atoms with Crippen LogP contribution < -0.4 is 10.6 Å². The van der Waals surface area contributed by atoms with Crippen LogP contribution in [0.5, 0.6) is 0 Å². The third-order valence-corrected chi connectivity index (χ3v) is 7.20. The Morgan fingerprint density at radius 3 is 2.61 bits per heavy atom. The van der Waals surface area contributed by atoms with Crippen LogP contribution in [0.2, 0.25) is 0 Å². The van der Waals surface area contributed by atoms with E-state index < -0.39 is 0 Å². The van der Waals surface area contributed by atoms with Crippen molar-refractivity contribution in [2.24, 2.45) is 11.8 Å². The number of amides is 2. The third-order valence-electron chi connectivity index (χ3n) is 6.23. The van der Waals surface area contributed by atoms with Crippen molar-refractivity contribution in [3.8, 4) is 0 Å². The minimum absolute atomic E-state index is 0.00932. The number of rotatable bonds is 10. The lowest BCUT2D eigenvalue weighted by Crippen LogP contribution is -2.21. The van der Waals surface area contributed by atoms with E-state index in [2.05, 4.69) is 41.4 Å². The Hall–Kier alpha value is -3.07. The van der Waals surface area contributed by atoms with Crippen molar-refractivity contribution in [3.63, 3.8) is 0 Å². The van der Waals surface area contributed by atoms with Gasteiger partial charge >= 0.3 is 6.03 Å². The summed E-state index contributed by atoms with van der Waals surface area (Å²) in [4.78, 5) is 34.6. The number of pyridine rings is 1. The number of hydrogen-bond acceptors (Lipinski definition) is 6. The summed E-state index contributed by atoms with van der Waals surface area (Å²) in [6.07, 6.45) is 7.98. The molecule has 0 bridgehead atoms. The molecule has 1 fully saturated rings. The van der Waals surface area contributed by atoms with E-state index in [1.54, 1.807) is 12.4 Å². The molecule has 36 heavy (non-hydrogen) atoms. The van der Waals surface area contributed by atoms with Crippen LogP contribution in [-0.4, -0.2) is 31.6 Å². The molecule has 3 heterocycles. The molecule has 0 saturated heterocycles. The standard InChI is InChI=1S/C27H36N6O2S/c1-17(2)22(34)13-20-12-18(10-11-28-20)8-9-21-15-29-26(36-21)31-25(35)30-24-14-23(27(3,4)5)32-33(24)16-19-6-7-19/h10-12,14-15,17,19H,6-9,13,16H2,1-5H3,(H2,29,30,31,35). The number of carbonyl (C=O) groups excluding carboxylic acids is 2. The molecule has 3 aromatic heterocycles. The van der Waals surface area contributed by atoms with Crippen LogP contribution in [-0.2, 0) is 36.0 Å². The normalized spacial score (nSPS) is 13.7. The first-order valence-corrected chi connectivity index (χ1v) is 13.5. The number of thiazole rings is 1. The van der Waals surface area contributed by atoms with Gasteiger partial charge in [0.05, 0.1) is 5.69 Å². The topological polar surface area (TPSA) is 102 Å². The predicted octanol–water partition coefficient (Wildman–Crippen LogP) is 5.64. The van der Waals surface area contributed by atoms with Crippen LogP contribution >= 0.6 is 11.3 Å². The molecule has 2 amide bonds. The quantitative estimate of drug-likeness (QED) is 0.369. The second-order valence-corrected chi connectivity index (χ2v) is 12.1. The van der Waals surface area contributed by atoms with Crippen LogP contribution in [0.4, 0.5) is 15.7 Å². The van der Waals surface area contributed by atoms with Crippen molar-refractivity contribution in [3.05, 3.63) is 52.4 Å². The van der Waals surface area contributed by atoms with Crippen molar-refractivity contribution < 1.29 is 9.59 Å². The number of anilines is 2. The lowest BCUT2D eigenvalue weighted by atomic mass is 9.92. The zero-order valence-electron chi connectivity index (χ0n) is 21.8. The molecule has 1 aliphatic rings. The molecule has 0 unspecified atom stereocenters. The summed E-state index contributed by atoms with van der Waals surface area (Å²) in [5.41, 5.74) is 2.81. The van der Waals surface area contributed by atoms with E-state index in [0.29, 0.717) is 23.3 Å². The average Bonchev–Trinajstić information content (AvgIpc) is 3.36. The maximum atomic E-state index is 12.7. The van der Waals surface area contributed by atoms with Crippen molar-refractivity contribution in [2.45, 2.75) is 78.7 Å².